The van der Waals surface area contributed by atoms with Gasteiger partial charge in [0.2, 0.25) is 5.89 Å². The van der Waals surface area contributed by atoms with Crippen LogP contribution in [0, 0.1) is 17.0 Å². The maximum absolute atomic E-state index is 11.2. The zero-order chi connectivity index (χ0) is 14.7. The van der Waals surface area contributed by atoms with E-state index in [-0.39, 0.29) is 17.5 Å². The van der Waals surface area contributed by atoms with Gasteiger partial charge in [-0.15, -0.1) is 0 Å². The van der Waals surface area contributed by atoms with Crippen LogP contribution in [-0.2, 0) is 0 Å². The minimum atomic E-state index is -0.477. The van der Waals surface area contributed by atoms with Gasteiger partial charge in [-0.25, -0.2) is 4.98 Å². The first kappa shape index (κ1) is 13.9. The quantitative estimate of drug-likeness (QED) is 0.667. The highest BCUT2D eigenvalue weighted by Gasteiger charge is 2.22. The van der Waals surface area contributed by atoms with Crippen LogP contribution in [0.5, 0.6) is 5.75 Å². The van der Waals surface area contributed by atoms with Gasteiger partial charge in [0.05, 0.1) is 18.2 Å². The third-order valence-corrected chi connectivity index (χ3v) is 2.78. The van der Waals surface area contributed by atoms with E-state index >= 15 is 0 Å². The number of nitro benzene ring substituents is 1. The van der Waals surface area contributed by atoms with Crippen LogP contribution in [0.25, 0.3) is 0 Å². The molecule has 1 heterocycles. The smallest absolute Gasteiger partial charge is 0.333 e. The predicted octanol–water partition coefficient (Wildman–Crippen LogP) is 3.07. The second-order valence-electron chi connectivity index (χ2n) is 4.29. The molecular formula is C13H15N3O4. The SMILES string of the molecule is COc1cccc(NC(C)c2ncc(C)o2)c1[N+](=O)[O-]. The van der Waals surface area contributed by atoms with Crippen molar-refractivity contribution in [1.29, 1.82) is 0 Å². The molecule has 0 aliphatic carbocycles. The predicted molar refractivity (Wildman–Crippen MR) is 72.9 cm³/mol. The van der Waals surface area contributed by atoms with Gasteiger partial charge in [0, 0.05) is 0 Å². The van der Waals surface area contributed by atoms with Gasteiger partial charge in [-0.05, 0) is 26.0 Å². The van der Waals surface area contributed by atoms with Gasteiger partial charge in [-0.3, -0.25) is 10.1 Å². The summed E-state index contributed by atoms with van der Waals surface area (Å²) < 4.78 is 10.4. The lowest BCUT2D eigenvalue weighted by Gasteiger charge is -2.13. The molecule has 0 radical (unpaired) electrons. The molecule has 7 nitrogen and oxygen atoms in total. The molecule has 2 rings (SSSR count). The number of nitro groups is 1. The fourth-order valence-corrected chi connectivity index (χ4v) is 1.86. The van der Waals surface area contributed by atoms with Crippen LogP contribution in [0.3, 0.4) is 0 Å². The van der Waals surface area contributed by atoms with Crippen molar-refractivity contribution in [1.82, 2.24) is 4.98 Å². The molecule has 7 heteroatoms. The first-order valence-electron chi connectivity index (χ1n) is 6.03. The highest BCUT2D eigenvalue weighted by molar-refractivity contribution is 5.68. The molecule has 0 aliphatic heterocycles. The van der Waals surface area contributed by atoms with Crippen molar-refractivity contribution in [2.45, 2.75) is 19.9 Å². The van der Waals surface area contributed by atoms with E-state index in [1.54, 1.807) is 31.3 Å². The van der Waals surface area contributed by atoms with E-state index in [4.69, 9.17) is 9.15 Å². The molecular weight excluding hydrogens is 262 g/mol. The number of nitrogens with one attached hydrogen (secondary N) is 1. The molecule has 2 aromatic rings. The lowest BCUT2D eigenvalue weighted by Crippen LogP contribution is -2.09. The fourth-order valence-electron chi connectivity index (χ4n) is 1.86. The van der Waals surface area contributed by atoms with Gasteiger partial charge in [-0.1, -0.05) is 6.07 Å². The highest BCUT2D eigenvalue weighted by Crippen LogP contribution is 2.36. The number of methoxy groups -OCH3 is 1. The summed E-state index contributed by atoms with van der Waals surface area (Å²) in [4.78, 5) is 14.8. The van der Waals surface area contributed by atoms with Gasteiger partial charge in [0.1, 0.15) is 17.5 Å². The van der Waals surface area contributed by atoms with E-state index in [0.29, 0.717) is 17.3 Å². The van der Waals surface area contributed by atoms with E-state index in [0.717, 1.165) is 0 Å². The molecule has 20 heavy (non-hydrogen) atoms. The number of aryl methyl sites for hydroxylation is 1. The maximum Gasteiger partial charge on any atom is 0.333 e. The van der Waals surface area contributed by atoms with Crippen molar-refractivity contribution in [3.05, 3.63) is 46.2 Å². The molecule has 1 aromatic heterocycles. The molecule has 1 aromatic carbocycles. The zero-order valence-electron chi connectivity index (χ0n) is 11.4. The van der Waals surface area contributed by atoms with Crippen molar-refractivity contribution in [2.24, 2.45) is 0 Å². The molecule has 0 bridgehead atoms. The normalized spacial score (nSPS) is 11.9. The Balaban J connectivity index is 2.31. The van der Waals surface area contributed by atoms with Crippen LogP contribution in [0.1, 0.15) is 24.6 Å². The summed E-state index contributed by atoms with van der Waals surface area (Å²) in [5.74, 6) is 1.36. The molecule has 1 unspecified atom stereocenters. The van der Waals surface area contributed by atoms with Crippen molar-refractivity contribution in [3.8, 4) is 5.75 Å². The number of oxazole rings is 1. The standard InChI is InChI=1S/C13H15N3O4/c1-8-7-14-13(20-8)9(2)15-10-5-4-6-11(19-3)12(10)16(17)18/h4-7,9,15H,1-3H3. The Kier molecular flexibility index (Phi) is 3.88. The molecule has 0 amide bonds. The van der Waals surface area contributed by atoms with E-state index in [1.165, 1.54) is 7.11 Å². The number of aromatic nitrogens is 1. The average molecular weight is 277 g/mol. The number of nitrogens with zero attached hydrogens (tertiary/aromatic N) is 2. The molecule has 106 valence electrons. The Labute approximate surface area is 115 Å². The summed E-state index contributed by atoms with van der Waals surface area (Å²) in [7, 11) is 1.40. The fraction of sp³-hybridized carbons (Fsp3) is 0.308. The summed E-state index contributed by atoms with van der Waals surface area (Å²) >= 11 is 0. The zero-order valence-corrected chi connectivity index (χ0v) is 11.4. The van der Waals surface area contributed by atoms with E-state index in [1.807, 2.05) is 6.92 Å². The van der Waals surface area contributed by atoms with Crippen molar-refractivity contribution in [3.63, 3.8) is 0 Å². The Morgan fingerprint density at radius 1 is 1.50 bits per heavy atom. The molecule has 0 saturated carbocycles. The molecule has 0 aliphatic rings. The third kappa shape index (κ3) is 2.71. The molecule has 1 atom stereocenters. The summed E-state index contributed by atoms with van der Waals surface area (Å²) in [5, 5.41) is 14.2. The van der Waals surface area contributed by atoms with Crippen LogP contribution in [0.4, 0.5) is 11.4 Å². The molecule has 0 fully saturated rings. The van der Waals surface area contributed by atoms with E-state index < -0.39 is 4.92 Å². The van der Waals surface area contributed by atoms with Gasteiger partial charge in [-0.2, -0.15) is 0 Å². The summed E-state index contributed by atoms with van der Waals surface area (Å²) in [5.41, 5.74) is 0.253. The Hall–Kier alpha value is -2.57. The molecule has 0 spiro atoms. The van der Waals surface area contributed by atoms with Crippen LogP contribution < -0.4 is 10.1 Å². The van der Waals surface area contributed by atoms with Gasteiger partial charge >= 0.3 is 5.69 Å². The van der Waals surface area contributed by atoms with Gasteiger partial charge in [0.25, 0.3) is 0 Å². The lowest BCUT2D eigenvalue weighted by molar-refractivity contribution is -0.384. The number of para-hydroxylation sites is 1. The Morgan fingerprint density at radius 2 is 2.25 bits per heavy atom. The van der Waals surface area contributed by atoms with Crippen molar-refractivity contribution < 1.29 is 14.1 Å². The van der Waals surface area contributed by atoms with Crippen LogP contribution >= 0.6 is 0 Å². The van der Waals surface area contributed by atoms with Crippen LogP contribution in [-0.4, -0.2) is 17.0 Å². The topological polar surface area (TPSA) is 90.4 Å². The number of rotatable bonds is 5. The average Bonchev–Trinajstić information content (AvgIpc) is 2.84. The van der Waals surface area contributed by atoms with Crippen molar-refractivity contribution >= 4 is 11.4 Å². The Bertz CT molecular complexity index is 624. The number of ether oxygens (including phenoxy) is 1. The number of hydrogen-bond acceptors (Lipinski definition) is 6. The summed E-state index contributed by atoms with van der Waals surface area (Å²) in [6.07, 6.45) is 1.60. The third-order valence-electron chi connectivity index (χ3n) is 2.78. The van der Waals surface area contributed by atoms with Crippen molar-refractivity contribution in [2.75, 3.05) is 12.4 Å². The van der Waals surface area contributed by atoms with Gasteiger partial charge in [0.15, 0.2) is 5.75 Å². The maximum atomic E-state index is 11.2. The molecule has 0 saturated heterocycles. The number of benzene rings is 1. The lowest BCUT2D eigenvalue weighted by atomic mass is 10.2. The van der Waals surface area contributed by atoms with E-state index in [2.05, 4.69) is 10.3 Å². The van der Waals surface area contributed by atoms with E-state index in [9.17, 15) is 10.1 Å². The largest absolute Gasteiger partial charge is 0.490 e. The second-order valence-corrected chi connectivity index (χ2v) is 4.29. The summed E-state index contributed by atoms with van der Waals surface area (Å²) in [6, 6.07) is 4.55. The molecule has 1 N–H and O–H groups in total. The van der Waals surface area contributed by atoms with Crippen LogP contribution in [0.15, 0.2) is 28.8 Å². The second kappa shape index (κ2) is 5.60. The number of hydrogen-bond donors (Lipinski definition) is 1. The van der Waals surface area contributed by atoms with Crippen LogP contribution in [0.2, 0.25) is 0 Å². The Morgan fingerprint density at radius 3 is 2.80 bits per heavy atom. The minimum absolute atomic E-state index is 0.106. The first-order chi connectivity index (χ1) is 9.52. The minimum Gasteiger partial charge on any atom is -0.490 e. The first-order valence-corrected chi connectivity index (χ1v) is 6.03. The number of anilines is 1. The highest BCUT2D eigenvalue weighted by atomic mass is 16.6. The monoisotopic (exact) mass is 277 g/mol. The summed E-state index contributed by atoms with van der Waals surface area (Å²) in [6.45, 7) is 3.60. The van der Waals surface area contributed by atoms with Gasteiger partial charge < -0.3 is 14.5 Å².